The maximum atomic E-state index is 14.2. The second-order valence-electron chi connectivity index (χ2n) is 8.33. The molecule has 176 valence electrons. The molecule has 0 aromatic rings. The van der Waals surface area contributed by atoms with Gasteiger partial charge in [-0.05, 0) is 45.6 Å². The third-order valence-corrected chi connectivity index (χ3v) is 5.92. The van der Waals surface area contributed by atoms with Gasteiger partial charge in [-0.1, -0.05) is 31.6 Å². The van der Waals surface area contributed by atoms with Gasteiger partial charge in [-0.3, -0.25) is 9.59 Å². The molecule has 0 aromatic heterocycles. The minimum absolute atomic E-state index is 0.148. The van der Waals surface area contributed by atoms with Crippen LogP contribution in [0.2, 0.25) is 0 Å². The second-order valence-corrected chi connectivity index (χ2v) is 8.33. The molecule has 0 amide bonds. The van der Waals surface area contributed by atoms with Crippen LogP contribution in [0.1, 0.15) is 72.1 Å². The number of rotatable bonds is 10. The molecule has 7 heteroatoms. The van der Waals surface area contributed by atoms with Gasteiger partial charge in [0.05, 0.1) is 6.10 Å². The lowest BCUT2D eigenvalue weighted by Gasteiger charge is -2.25. The van der Waals surface area contributed by atoms with Crippen LogP contribution < -0.4 is 0 Å². The zero-order valence-corrected chi connectivity index (χ0v) is 18.9. The van der Waals surface area contributed by atoms with Crippen molar-refractivity contribution in [2.45, 2.75) is 96.6 Å². The lowest BCUT2D eigenvalue weighted by Crippen LogP contribution is -2.29. The number of fused-ring (bicyclic) bond motifs is 1. The van der Waals surface area contributed by atoms with Crippen LogP contribution in [-0.2, 0) is 23.8 Å². The van der Waals surface area contributed by atoms with Crippen molar-refractivity contribution in [3.05, 3.63) is 24.3 Å². The Morgan fingerprint density at radius 1 is 1.35 bits per heavy atom. The Hall–Kier alpha value is -1.60. The van der Waals surface area contributed by atoms with Gasteiger partial charge >= 0.3 is 11.9 Å². The number of esters is 1. The van der Waals surface area contributed by atoms with Crippen molar-refractivity contribution in [1.82, 2.24) is 0 Å². The summed E-state index contributed by atoms with van der Waals surface area (Å²) in [7, 11) is 0. The van der Waals surface area contributed by atoms with Gasteiger partial charge in [0.2, 0.25) is 5.78 Å². The Bertz CT molecular complexity index is 646. The van der Waals surface area contributed by atoms with E-state index in [9.17, 15) is 18.4 Å². The minimum atomic E-state index is -3.37. The number of ether oxygens (including phenoxy) is 3. The summed E-state index contributed by atoms with van der Waals surface area (Å²) in [6.45, 7) is 5.92. The fourth-order valence-corrected chi connectivity index (χ4v) is 4.27. The number of hydrogen-bond acceptors (Lipinski definition) is 5. The van der Waals surface area contributed by atoms with Crippen molar-refractivity contribution >= 4 is 11.8 Å². The summed E-state index contributed by atoms with van der Waals surface area (Å²) < 4.78 is 45.5. The molecule has 2 rings (SSSR count). The van der Waals surface area contributed by atoms with Crippen LogP contribution in [0.25, 0.3) is 0 Å². The number of halogens is 2. The standard InChI is InChI=1S/C24H36F2O5/c1-4-6-15-24(25,26)22(27)14-13-19-18-11-9-7-8-10-12-23(28)31-21(18)16-20(19)30-17(3)29-5-2/h7,9,13-14,17-21H,4-6,8,10-12,15-16H2,1-3H3/b9-7-,14-13+/t17?,18-,19-,20-,21+/m1/s1. The summed E-state index contributed by atoms with van der Waals surface area (Å²) in [4.78, 5) is 24.4. The Balaban J connectivity index is 2.23. The van der Waals surface area contributed by atoms with Gasteiger partial charge in [0, 0.05) is 37.7 Å². The first-order chi connectivity index (χ1) is 14.8. The zero-order valence-electron chi connectivity index (χ0n) is 18.9. The van der Waals surface area contributed by atoms with E-state index in [1.807, 2.05) is 26.0 Å². The predicted octanol–water partition coefficient (Wildman–Crippen LogP) is 5.38. The SMILES string of the molecule is CCCCC(F)(F)C(=O)/C=C/[C@@H]1[C@H]2C/C=C\CCCC(=O)O[C@H]2C[C@H]1OC(C)OCC. The van der Waals surface area contributed by atoms with E-state index in [-0.39, 0.29) is 23.9 Å². The van der Waals surface area contributed by atoms with E-state index >= 15 is 0 Å². The number of carbonyl (C=O) groups excluding carboxylic acids is 2. The fraction of sp³-hybridized carbons (Fsp3) is 0.750. The fourth-order valence-electron chi connectivity index (χ4n) is 4.27. The largest absolute Gasteiger partial charge is 0.462 e. The first kappa shape index (κ1) is 25.7. The zero-order chi connectivity index (χ0) is 22.9. The summed E-state index contributed by atoms with van der Waals surface area (Å²) in [5.41, 5.74) is 0. The van der Waals surface area contributed by atoms with Crippen molar-refractivity contribution < 1.29 is 32.6 Å². The van der Waals surface area contributed by atoms with Crippen LogP contribution in [0.15, 0.2) is 24.3 Å². The quantitative estimate of drug-likeness (QED) is 0.197. The summed E-state index contributed by atoms with van der Waals surface area (Å²) in [6.07, 6.45) is 8.70. The first-order valence-corrected chi connectivity index (χ1v) is 11.5. The molecule has 0 N–H and O–H groups in total. The smallest absolute Gasteiger partial charge is 0.309 e. The third kappa shape index (κ3) is 7.79. The van der Waals surface area contributed by atoms with Crippen LogP contribution in [0.4, 0.5) is 8.78 Å². The Morgan fingerprint density at radius 2 is 2.13 bits per heavy atom. The van der Waals surface area contributed by atoms with Gasteiger partial charge in [0.1, 0.15) is 6.10 Å². The highest BCUT2D eigenvalue weighted by molar-refractivity contribution is 5.95. The summed E-state index contributed by atoms with van der Waals surface area (Å²) in [6, 6.07) is 0. The topological polar surface area (TPSA) is 61.8 Å². The highest BCUT2D eigenvalue weighted by atomic mass is 19.3. The van der Waals surface area contributed by atoms with Crippen LogP contribution in [0.3, 0.4) is 0 Å². The molecule has 0 radical (unpaired) electrons. The molecule has 1 aliphatic heterocycles. The maximum absolute atomic E-state index is 14.2. The average molecular weight is 443 g/mol. The lowest BCUT2D eigenvalue weighted by atomic mass is 9.89. The number of alkyl halides is 2. The van der Waals surface area contributed by atoms with Crippen molar-refractivity contribution in [1.29, 1.82) is 0 Å². The van der Waals surface area contributed by atoms with Crippen LogP contribution in [-0.4, -0.2) is 42.8 Å². The van der Waals surface area contributed by atoms with Crippen LogP contribution in [0.5, 0.6) is 0 Å². The molecule has 2 aliphatic rings. The van der Waals surface area contributed by atoms with Crippen LogP contribution in [0, 0.1) is 11.8 Å². The first-order valence-electron chi connectivity index (χ1n) is 11.5. The third-order valence-electron chi connectivity index (χ3n) is 5.92. The molecule has 5 nitrogen and oxygen atoms in total. The van der Waals surface area contributed by atoms with E-state index in [2.05, 4.69) is 0 Å². The monoisotopic (exact) mass is 442 g/mol. The number of ketones is 1. The van der Waals surface area contributed by atoms with Gasteiger partial charge < -0.3 is 14.2 Å². The van der Waals surface area contributed by atoms with Crippen molar-refractivity contribution in [3.63, 3.8) is 0 Å². The average Bonchev–Trinajstić information content (AvgIpc) is 3.03. The van der Waals surface area contributed by atoms with Gasteiger partial charge in [0.15, 0.2) is 6.29 Å². The Labute approximate surface area is 184 Å². The van der Waals surface area contributed by atoms with Gasteiger partial charge in [0.25, 0.3) is 0 Å². The van der Waals surface area contributed by atoms with E-state index in [0.29, 0.717) is 38.7 Å². The van der Waals surface area contributed by atoms with Gasteiger partial charge in [-0.25, -0.2) is 0 Å². The van der Waals surface area contributed by atoms with Crippen molar-refractivity contribution in [2.75, 3.05) is 6.61 Å². The Kier molecular flexibility index (Phi) is 10.3. The van der Waals surface area contributed by atoms with Gasteiger partial charge in [-0.15, -0.1) is 0 Å². The predicted molar refractivity (Wildman–Crippen MR) is 114 cm³/mol. The molecule has 0 spiro atoms. The van der Waals surface area contributed by atoms with E-state index in [1.165, 1.54) is 6.08 Å². The molecular formula is C24H36F2O5. The number of unbranched alkanes of at least 4 members (excludes halogenated alkanes) is 1. The van der Waals surface area contributed by atoms with Crippen molar-refractivity contribution in [2.24, 2.45) is 11.8 Å². The molecule has 0 bridgehead atoms. The molecule has 1 saturated carbocycles. The molecule has 1 heterocycles. The highest BCUT2D eigenvalue weighted by Gasteiger charge is 2.45. The molecule has 0 saturated heterocycles. The molecule has 1 aliphatic carbocycles. The second kappa shape index (κ2) is 12.4. The number of hydrogen-bond donors (Lipinski definition) is 0. The van der Waals surface area contributed by atoms with E-state index in [4.69, 9.17) is 14.2 Å². The van der Waals surface area contributed by atoms with E-state index < -0.39 is 30.5 Å². The highest BCUT2D eigenvalue weighted by Crippen LogP contribution is 2.41. The van der Waals surface area contributed by atoms with Crippen molar-refractivity contribution in [3.8, 4) is 0 Å². The van der Waals surface area contributed by atoms with E-state index in [0.717, 1.165) is 18.9 Å². The molecule has 1 fully saturated rings. The van der Waals surface area contributed by atoms with Crippen LogP contribution >= 0.6 is 0 Å². The molecule has 0 aromatic carbocycles. The maximum Gasteiger partial charge on any atom is 0.309 e. The van der Waals surface area contributed by atoms with E-state index in [1.54, 1.807) is 6.92 Å². The lowest BCUT2D eigenvalue weighted by molar-refractivity contribution is -0.164. The summed E-state index contributed by atoms with van der Waals surface area (Å²) in [5.74, 6) is -5.30. The minimum Gasteiger partial charge on any atom is -0.462 e. The molecule has 1 unspecified atom stereocenters. The molecule has 5 atom stereocenters. The molecular weight excluding hydrogens is 406 g/mol. The number of allylic oxidation sites excluding steroid dienone is 3. The normalized spacial score (nSPS) is 29.4. The summed E-state index contributed by atoms with van der Waals surface area (Å²) in [5, 5.41) is 0. The summed E-state index contributed by atoms with van der Waals surface area (Å²) >= 11 is 0. The van der Waals surface area contributed by atoms with Gasteiger partial charge in [-0.2, -0.15) is 8.78 Å². The molecule has 31 heavy (non-hydrogen) atoms. The Morgan fingerprint density at radius 3 is 2.84 bits per heavy atom. The number of carbonyl (C=O) groups is 2.